The van der Waals surface area contributed by atoms with E-state index < -0.39 is 0 Å². The molecule has 0 aliphatic rings. The first-order valence-electron chi connectivity index (χ1n) is 7.09. The second-order valence-electron chi connectivity index (χ2n) is 5.12. The van der Waals surface area contributed by atoms with Gasteiger partial charge in [0.05, 0.1) is 0 Å². The number of hydrogen-bond donors (Lipinski definition) is 1. The minimum atomic E-state index is 0.382. The summed E-state index contributed by atoms with van der Waals surface area (Å²) in [5.74, 6) is 0. The first kappa shape index (κ1) is 14.3. The fourth-order valence-electron chi connectivity index (χ4n) is 2.35. The summed E-state index contributed by atoms with van der Waals surface area (Å²) in [6.07, 6.45) is 2.39. The summed E-state index contributed by atoms with van der Waals surface area (Å²) < 4.78 is 0. The normalized spacial score (nSPS) is 14.3. The molecular weight excluding hydrogens is 250 g/mol. The summed E-state index contributed by atoms with van der Waals surface area (Å²) in [6, 6.07) is 14.1. The van der Waals surface area contributed by atoms with E-state index in [2.05, 4.69) is 67.9 Å². The molecule has 0 fully saturated rings. The molecule has 0 aliphatic carbocycles. The first-order valence-corrected chi connectivity index (χ1v) is 7.97. The zero-order valence-electron chi connectivity index (χ0n) is 12.0. The fourth-order valence-corrected chi connectivity index (χ4v) is 3.10. The van der Waals surface area contributed by atoms with Gasteiger partial charge in [0, 0.05) is 17.0 Å². The van der Waals surface area contributed by atoms with Crippen LogP contribution in [0.5, 0.6) is 0 Å². The lowest BCUT2D eigenvalue weighted by molar-refractivity contribution is 0.500. The monoisotopic (exact) mass is 273 g/mol. The van der Waals surface area contributed by atoms with Gasteiger partial charge >= 0.3 is 0 Å². The van der Waals surface area contributed by atoms with E-state index in [1.54, 1.807) is 0 Å². The van der Waals surface area contributed by atoms with Crippen molar-refractivity contribution in [3.05, 3.63) is 57.8 Å². The Morgan fingerprint density at radius 1 is 1.05 bits per heavy atom. The molecule has 1 N–H and O–H groups in total. The van der Waals surface area contributed by atoms with Crippen LogP contribution in [0, 0.1) is 0 Å². The van der Waals surface area contributed by atoms with Crippen LogP contribution in [0.2, 0.25) is 0 Å². The molecule has 0 spiro atoms. The standard InChI is InChI=1S/C17H23NS/c1-4-6-15-8-10-16(11-9-15)13(2)18-14(3)17-7-5-12-19-17/h5,7-14,18H,4,6H2,1-3H3/t13?,14-/m1/s1. The average Bonchev–Trinajstić information content (AvgIpc) is 2.94. The van der Waals surface area contributed by atoms with Crippen LogP contribution < -0.4 is 5.32 Å². The Labute approximate surface area is 120 Å². The Bertz CT molecular complexity index is 472. The van der Waals surface area contributed by atoms with E-state index >= 15 is 0 Å². The molecule has 1 nitrogen and oxygen atoms in total. The SMILES string of the molecule is CCCc1ccc(C(C)N[C@H](C)c2cccs2)cc1. The van der Waals surface area contributed by atoms with Gasteiger partial charge in [-0.2, -0.15) is 0 Å². The molecule has 0 saturated carbocycles. The highest BCUT2D eigenvalue weighted by atomic mass is 32.1. The molecular formula is C17H23NS. The van der Waals surface area contributed by atoms with Crippen molar-refractivity contribution in [2.75, 3.05) is 0 Å². The molecule has 2 aromatic rings. The maximum absolute atomic E-state index is 3.66. The van der Waals surface area contributed by atoms with Crippen molar-refractivity contribution in [3.8, 4) is 0 Å². The van der Waals surface area contributed by atoms with Gasteiger partial charge in [0.1, 0.15) is 0 Å². The predicted molar refractivity (Wildman–Crippen MR) is 84.7 cm³/mol. The first-order chi connectivity index (χ1) is 9.20. The third-order valence-electron chi connectivity index (χ3n) is 3.49. The maximum Gasteiger partial charge on any atom is 0.0391 e. The average molecular weight is 273 g/mol. The van der Waals surface area contributed by atoms with Crippen LogP contribution in [0.1, 0.15) is 55.3 Å². The molecule has 19 heavy (non-hydrogen) atoms. The van der Waals surface area contributed by atoms with Crippen LogP contribution in [0.25, 0.3) is 0 Å². The van der Waals surface area contributed by atoms with Gasteiger partial charge in [-0.15, -0.1) is 11.3 Å². The fraction of sp³-hybridized carbons (Fsp3) is 0.412. The molecule has 2 heteroatoms. The van der Waals surface area contributed by atoms with Crippen LogP contribution in [-0.4, -0.2) is 0 Å². The molecule has 0 saturated heterocycles. The molecule has 1 heterocycles. The van der Waals surface area contributed by atoms with Gasteiger partial charge < -0.3 is 5.32 Å². The Kier molecular flexibility index (Phi) is 5.17. The molecule has 2 rings (SSSR count). The predicted octanol–water partition coefficient (Wildman–Crippen LogP) is 5.11. The lowest BCUT2D eigenvalue weighted by Crippen LogP contribution is -2.21. The van der Waals surface area contributed by atoms with Crippen LogP contribution in [0.15, 0.2) is 41.8 Å². The van der Waals surface area contributed by atoms with Crippen molar-refractivity contribution in [1.82, 2.24) is 5.32 Å². The van der Waals surface area contributed by atoms with Crippen LogP contribution >= 0.6 is 11.3 Å². The molecule has 0 aliphatic heterocycles. The third kappa shape index (κ3) is 3.92. The number of aryl methyl sites for hydroxylation is 1. The van der Waals surface area contributed by atoms with Gasteiger partial charge in [-0.1, -0.05) is 43.7 Å². The number of nitrogens with one attached hydrogen (secondary N) is 1. The molecule has 0 radical (unpaired) electrons. The minimum absolute atomic E-state index is 0.382. The van der Waals surface area contributed by atoms with Crippen molar-refractivity contribution < 1.29 is 0 Å². The zero-order chi connectivity index (χ0) is 13.7. The van der Waals surface area contributed by atoms with Gasteiger partial charge in [-0.3, -0.25) is 0 Å². The van der Waals surface area contributed by atoms with Crippen molar-refractivity contribution in [1.29, 1.82) is 0 Å². The van der Waals surface area contributed by atoms with E-state index in [9.17, 15) is 0 Å². The lowest BCUT2D eigenvalue weighted by Gasteiger charge is -2.19. The molecule has 1 aromatic heterocycles. The van der Waals surface area contributed by atoms with E-state index in [0.717, 1.165) is 0 Å². The highest BCUT2D eigenvalue weighted by Crippen LogP contribution is 2.23. The molecule has 0 amide bonds. The topological polar surface area (TPSA) is 12.0 Å². The zero-order valence-corrected chi connectivity index (χ0v) is 12.8. The Balaban J connectivity index is 1.97. The van der Waals surface area contributed by atoms with E-state index in [4.69, 9.17) is 0 Å². The van der Waals surface area contributed by atoms with Crippen molar-refractivity contribution in [3.63, 3.8) is 0 Å². The Morgan fingerprint density at radius 2 is 1.79 bits per heavy atom. The number of benzene rings is 1. The summed E-state index contributed by atoms with van der Waals surface area (Å²) in [5.41, 5.74) is 2.80. The third-order valence-corrected chi connectivity index (χ3v) is 4.54. The maximum atomic E-state index is 3.66. The lowest BCUT2D eigenvalue weighted by atomic mass is 10.0. The second-order valence-corrected chi connectivity index (χ2v) is 6.10. The summed E-state index contributed by atoms with van der Waals surface area (Å²) in [6.45, 7) is 6.69. The number of rotatable bonds is 6. The quantitative estimate of drug-likeness (QED) is 0.771. The minimum Gasteiger partial charge on any atom is -0.303 e. The molecule has 1 aromatic carbocycles. The van der Waals surface area contributed by atoms with Crippen LogP contribution in [0.3, 0.4) is 0 Å². The summed E-state index contributed by atoms with van der Waals surface area (Å²) in [5, 5.41) is 5.80. The van der Waals surface area contributed by atoms with Gasteiger partial charge in [0.15, 0.2) is 0 Å². The molecule has 102 valence electrons. The summed E-state index contributed by atoms with van der Waals surface area (Å²) in [7, 11) is 0. The van der Waals surface area contributed by atoms with Crippen molar-refractivity contribution in [2.24, 2.45) is 0 Å². The summed E-state index contributed by atoms with van der Waals surface area (Å²) >= 11 is 1.81. The van der Waals surface area contributed by atoms with Gasteiger partial charge in [-0.25, -0.2) is 0 Å². The van der Waals surface area contributed by atoms with E-state index in [1.807, 2.05) is 11.3 Å². The largest absolute Gasteiger partial charge is 0.303 e. The van der Waals surface area contributed by atoms with E-state index in [0.29, 0.717) is 12.1 Å². The number of hydrogen-bond acceptors (Lipinski definition) is 2. The Morgan fingerprint density at radius 3 is 2.37 bits per heavy atom. The van der Waals surface area contributed by atoms with Crippen LogP contribution in [-0.2, 0) is 6.42 Å². The van der Waals surface area contributed by atoms with Gasteiger partial charge in [-0.05, 0) is 42.8 Å². The molecule has 0 bridgehead atoms. The number of thiophene rings is 1. The smallest absolute Gasteiger partial charge is 0.0391 e. The van der Waals surface area contributed by atoms with Gasteiger partial charge in [0.25, 0.3) is 0 Å². The van der Waals surface area contributed by atoms with E-state index in [1.165, 1.54) is 28.8 Å². The van der Waals surface area contributed by atoms with Crippen molar-refractivity contribution in [2.45, 2.75) is 45.7 Å². The molecule has 1 unspecified atom stereocenters. The highest BCUT2D eigenvalue weighted by Gasteiger charge is 2.11. The van der Waals surface area contributed by atoms with E-state index in [-0.39, 0.29) is 0 Å². The van der Waals surface area contributed by atoms with Crippen LogP contribution in [0.4, 0.5) is 0 Å². The van der Waals surface area contributed by atoms with Crippen molar-refractivity contribution >= 4 is 11.3 Å². The highest BCUT2D eigenvalue weighted by molar-refractivity contribution is 7.10. The second kappa shape index (κ2) is 6.88. The Hall–Kier alpha value is -1.12. The van der Waals surface area contributed by atoms with Gasteiger partial charge in [0.2, 0.25) is 0 Å². The summed E-state index contributed by atoms with van der Waals surface area (Å²) in [4.78, 5) is 1.40. The molecule has 2 atom stereocenters.